The second-order valence-corrected chi connectivity index (χ2v) is 5.07. The Bertz CT molecular complexity index is 427. The van der Waals surface area contributed by atoms with Crippen LogP contribution in [-0.2, 0) is 9.59 Å². The van der Waals surface area contributed by atoms with E-state index in [-0.39, 0.29) is 17.7 Å². The van der Waals surface area contributed by atoms with Crippen molar-refractivity contribution in [3.05, 3.63) is 12.4 Å². The highest BCUT2D eigenvalue weighted by Crippen LogP contribution is 2.20. The van der Waals surface area contributed by atoms with Crippen molar-refractivity contribution < 1.29 is 9.59 Å². The van der Waals surface area contributed by atoms with Crippen LogP contribution in [0, 0.1) is 11.8 Å². The molecule has 1 fully saturated rings. The largest absolute Gasteiger partial charge is 0.342 e. The maximum Gasteiger partial charge on any atom is 0.229 e. The molecule has 0 aliphatic carbocycles. The fraction of sp³-hybridized carbons (Fsp3) is 0.583. The van der Waals surface area contributed by atoms with E-state index in [1.807, 2.05) is 0 Å². The summed E-state index contributed by atoms with van der Waals surface area (Å²) in [6.07, 6.45) is 3.46. The minimum absolute atomic E-state index is 0.0658. The fourth-order valence-corrected chi connectivity index (χ4v) is 2.13. The summed E-state index contributed by atoms with van der Waals surface area (Å²) in [5.74, 6) is 0.114. The van der Waals surface area contributed by atoms with Crippen molar-refractivity contribution in [1.29, 1.82) is 0 Å². The van der Waals surface area contributed by atoms with Gasteiger partial charge in [-0.2, -0.15) is 5.10 Å². The van der Waals surface area contributed by atoms with E-state index in [1.54, 1.807) is 17.3 Å². The van der Waals surface area contributed by atoms with E-state index in [0.717, 1.165) is 0 Å². The fourth-order valence-electron chi connectivity index (χ4n) is 2.13. The SMILES string of the molecule is CC(C)CN1CC(C(=O)Nc2cn[nH]c2)CC1=O. The lowest BCUT2D eigenvalue weighted by molar-refractivity contribution is -0.128. The molecular formula is C12H18N4O2. The first kappa shape index (κ1) is 12.6. The van der Waals surface area contributed by atoms with Crippen LogP contribution in [0.2, 0.25) is 0 Å². The molecule has 6 heteroatoms. The molecule has 2 amide bonds. The van der Waals surface area contributed by atoms with Crippen LogP contribution in [0.3, 0.4) is 0 Å². The molecule has 2 heterocycles. The first-order valence-corrected chi connectivity index (χ1v) is 6.13. The molecule has 1 aliphatic heterocycles. The Kier molecular flexibility index (Phi) is 3.64. The maximum absolute atomic E-state index is 12.0. The van der Waals surface area contributed by atoms with Crippen LogP contribution in [-0.4, -0.2) is 40.0 Å². The minimum atomic E-state index is -0.258. The lowest BCUT2D eigenvalue weighted by Gasteiger charge is -2.18. The summed E-state index contributed by atoms with van der Waals surface area (Å²) in [5, 5.41) is 9.13. The molecule has 0 radical (unpaired) electrons. The summed E-state index contributed by atoms with van der Waals surface area (Å²) in [6, 6.07) is 0. The number of aromatic amines is 1. The molecule has 0 aromatic carbocycles. The number of aromatic nitrogens is 2. The molecule has 0 saturated carbocycles. The van der Waals surface area contributed by atoms with Gasteiger partial charge in [-0.25, -0.2) is 0 Å². The average Bonchev–Trinajstić information content (AvgIpc) is 2.89. The van der Waals surface area contributed by atoms with E-state index < -0.39 is 0 Å². The number of hydrogen-bond donors (Lipinski definition) is 2. The van der Waals surface area contributed by atoms with Crippen molar-refractivity contribution >= 4 is 17.5 Å². The predicted molar refractivity (Wildman–Crippen MR) is 66.7 cm³/mol. The smallest absolute Gasteiger partial charge is 0.229 e. The third-order valence-electron chi connectivity index (χ3n) is 2.94. The summed E-state index contributed by atoms with van der Waals surface area (Å²) in [7, 11) is 0. The Morgan fingerprint density at radius 1 is 1.67 bits per heavy atom. The van der Waals surface area contributed by atoms with Gasteiger partial charge in [0.25, 0.3) is 0 Å². The van der Waals surface area contributed by atoms with Gasteiger partial charge < -0.3 is 10.2 Å². The van der Waals surface area contributed by atoms with Gasteiger partial charge in [-0.1, -0.05) is 13.8 Å². The van der Waals surface area contributed by atoms with Crippen LogP contribution < -0.4 is 5.32 Å². The van der Waals surface area contributed by atoms with Crippen LogP contribution in [0.4, 0.5) is 5.69 Å². The molecule has 2 rings (SSSR count). The number of likely N-dealkylation sites (tertiary alicyclic amines) is 1. The van der Waals surface area contributed by atoms with E-state index in [4.69, 9.17) is 0 Å². The molecule has 2 N–H and O–H groups in total. The molecular weight excluding hydrogens is 232 g/mol. The van der Waals surface area contributed by atoms with Gasteiger partial charge in [0, 0.05) is 25.7 Å². The number of H-pyrrole nitrogens is 1. The van der Waals surface area contributed by atoms with Crippen molar-refractivity contribution in [2.45, 2.75) is 20.3 Å². The average molecular weight is 250 g/mol. The molecule has 1 aliphatic rings. The molecule has 18 heavy (non-hydrogen) atoms. The highest BCUT2D eigenvalue weighted by Gasteiger charge is 2.34. The molecule has 98 valence electrons. The Morgan fingerprint density at radius 3 is 3.06 bits per heavy atom. The molecule has 1 aromatic heterocycles. The zero-order valence-corrected chi connectivity index (χ0v) is 10.6. The third kappa shape index (κ3) is 2.88. The number of nitrogens with zero attached hydrogens (tertiary/aromatic N) is 2. The van der Waals surface area contributed by atoms with Crippen LogP contribution in [0.1, 0.15) is 20.3 Å². The lowest BCUT2D eigenvalue weighted by atomic mass is 10.1. The van der Waals surface area contributed by atoms with Crippen LogP contribution in [0.15, 0.2) is 12.4 Å². The summed E-state index contributed by atoms with van der Waals surface area (Å²) in [6.45, 7) is 5.35. The molecule has 0 spiro atoms. The van der Waals surface area contributed by atoms with E-state index >= 15 is 0 Å². The van der Waals surface area contributed by atoms with Crippen molar-refractivity contribution in [2.75, 3.05) is 18.4 Å². The van der Waals surface area contributed by atoms with Gasteiger partial charge in [0.1, 0.15) is 0 Å². The van der Waals surface area contributed by atoms with Gasteiger partial charge in [-0.3, -0.25) is 14.7 Å². The third-order valence-corrected chi connectivity index (χ3v) is 2.94. The summed E-state index contributed by atoms with van der Waals surface area (Å²) < 4.78 is 0. The Hall–Kier alpha value is -1.85. The molecule has 6 nitrogen and oxygen atoms in total. The number of nitrogens with one attached hydrogen (secondary N) is 2. The highest BCUT2D eigenvalue weighted by atomic mass is 16.2. The molecule has 0 bridgehead atoms. The van der Waals surface area contributed by atoms with Crippen molar-refractivity contribution in [1.82, 2.24) is 15.1 Å². The Morgan fingerprint density at radius 2 is 2.44 bits per heavy atom. The number of carbonyl (C=O) groups excluding carboxylic acids is 2. The quantitative estimate of drug-likeness (QED) is 0.831. The van der Waals surface area contributed by atoms with Crippen LogP contribution in [0.25, 0.3) is 0 Å². The number of carbonyl (C=O) groups is 2. The monoisotopic (exact) mass is 250 g/mol. The molecule has 1 atom stereocenters. The first-order chi connectivity index (χ1) is 8.56. The van der Waals surface area contributed by atoms with Crippen molar-refractivity contribution in [2.24, 2.45) is 11.8 Å². The molecule has 1 aromatic rings. The van der Waals surface area contributed by atoms with Crippen LogP contribution >= 0.6 is 0 Å². The zero-order valence-electron chi connectivity index (χ0n) is 10.6. The number of hydrogen-bond acceptors (Lipinski definition) is 3. The van der Waals surface area contributed by atoms with E-state index in [1.165, 1.54) is 0 Å². The van der Waals surface area contributed by atoms with Crippen molar-refractivity contribution in [3.8, 4) is 0 Å². The van der Waals surface area contributed by atoms with E-state index in [2.05, 4.69) is 29.4 Å². The van der Waals surface area contributed by atoms with Crippen LogP contribution in [0.5, 0.6) is 0 Å². The predicted octanol–water partition coefficient (Wildman–Crippen LogP) is 0.853. The summed E-state index contributed by atoms with van der Waals surface area (Å²) in [5.41, 5.74) is 0.634. The van der Waals surface area contributed by atoms with Gasteiger partial charge in [-0.15, -0.1) is 0 Å². The van der Waals surface area contributed by atoms with Gasteiger partial charge in [0.2, 0.25) is 11.8 Å². The summed E-state index contributed by atoms with van der Waals surface area (Å²) >= 11 is 0. The normalized spacial score (nSPS) is 19.6. The van der Waals surface area contributed by atoms with Gasteiger partial charge in [0.15, 0.2) is 0 Å². The Balaban J connectivity index is 1.91. The zero-order chi connectivity index (χ0) is 13.1. The van der Waals surface area contributed by atoms with E-state index in [0.29, 0.717) is 31.1 Å². The standard InChI is InChI=1S/C12H18N4O2/c1-8(2)6-16-7-9(3-11(16)17)12(18)15-10-4-13-14-5-10/h4-5,8-9H,3,6-7H2,1-2H3,(H,13,14)(H,15,18). The second-order valence-electron chi connectivity index (χ2n) is 5.07. The number of amides is 2. The maximum atomic E-state index is 12.0. The minimum Gasteiger partial charge on any atom is -0.342 e. The second kappa shape index (κ2) is 5.20. The van der Waals surface area contributed by atoms with E-state index in [9.17, 15) is 9.59 Å². The highest BCUT2D eigenvalue weighted by molar-refractivity contribution is 5.97. The topological polar surface area (TPSA) is 78.1 Å². The van der Waals surface area contributed by atoms with Gasteiger partial charge >= 0.3 is 0 Å². The van der Waals surface area contributed by atoms with Crippen molar-refractivity contribution in [3.63, 3.8) is 0 Å². The first-order valence-electron chi connectivity index (χ1n) is 6.13. The lowest BCUT2D eigenvalue weighted by Crippen LogP contribution is -2.31. The van der Waals surface area contributed by atoms with Gasteiger partial charge in [0.05, 0.1) is 17.8 Å². The number of rotatable bonds is 4. The number of anilines is 1. The summed E-state index contributed by atoms with van der Waals surface area (Å²) in [4.78, 5) is 25.5. The van der Waals surface area contributed by atoms with Gasteiger partial charge in [-0.05, 0) is 5.92 Å². The molecule has 1 saturated heterocycles. The molecule has 1 unspecified atom stereocenters. The Labute approximate surface area is 106 Å².